The van der Waals surface area contributed by atoms with Gasteiger partial charge in [-0.1, -0.05) is 26.7 Å². The molecule has 0 aromatic rings. The largest absolute Gasteiger partial charge is 0.381 e. The molecule has 0 aliphatic carbocycles. The van der Waals surface area contributed by atoms with E-state index in [4.69, 9.17) is 9.47 Å². The molecule has 0 bridgehead atoms. The molecule has 120 valence electrons. The highest BCUT2D eigenvalue weighted by Crippen LogP contribution is 1.90. The number of carbonyl (C=O) groups excluding carboxylic acids is 1. The molecule has 5 heteroatoms. The van der Waals surface area contributed by atoms with Gasteiger partial charge in [-0.25, -0.2) is 4.79 Å². The molecule has 0 fully saturated rings. The smallest absolute Gasteiger partial charge is 0.314 e. The fourth-order valence-corrected chi connectivity index (χ4v) is 1.51. The van der Waals surface area contributed by atoms with Crippen molar-refractivity contribution < 1.29 is 14.3 Å². The van der Waals surface area contributed by atoms with Crippen LogP contribution in [-0.2, 0) is 9.47 Å². The van der Waals surface area contributed by atoms with Gasteiger partial charge in [0.15, 0.2) is 0 Å². The summed E-state index contributed by atoms with van der Waals surface area (Å²) < 4.78 is 10.8. The molecular weight excluding hydrogens is 256 g/mol. The van der Waals surface area contributed by atoms with Gasteiger partial charge in [0, 0.05) is 39.5 Å². The van der Waals surface area contributed by atoms with E-state index in [-0.39, 0.29) is 6.03 Å². The maximum atomic E-state index is 11.4. The molecule has 0 saturated heterocycles. The van der Waals surface area contributed by atoms with E-state index in [2.05, 4.69) is 24.5 Å². The molecule has 0 radical (unpaired) electrons. The molecular formula is C15H32N2O3. The molecule has 0 heterocycles. The fourth-order valence-electron chi connectivity index (χ4n) is 1.51. The molecule has 0 unspecified atom stereocenters. The van der Waals surface area contributed by atoms with Crippen LogP contribution in [0.25, 0.3) is 0 Å². The van der Waals surface area contributed by atoms with Crippen LogP contribution >= 0.6 is 0 Å². The Kier molecular flexibility index (Phi) is 15.6. The third-order valence-corrected chi connectivity index (χ3v) is 2.79. The Morgan fingerprint density at radius 3 is 1.55 bits per heavy atom. The van der Waals surface area contributed by atoms with Crippen LogP contribution in [0.1, 0.15) is 52.4 Å². The predicted molar refractivity (Wildman–Crippen MR) is 82.1 cm³/mol. The lowest BCUT2D eigenvalue weighted by Crippen LogP contribution is -2.37. The summed E-state index contributed by atoms with van der Waals surface area (Å²) in [7, 11) is 0. The van der Waals surface area contributed by atoms with Gasteiger partial charge in [0.25, 0.3) is 0 Å². The lowest BCUT2D eigenvalue weighted by atomic mass is 10.3. The number of rotatable bonds is 14. The Balaban J connectivity index is 3.13. The number of nitrogens with one attached hydrogen (secondary N) is 2. The highest BCUT2D eigenvalue weighted by Gasteiger charge is 1.98. The number of urea groups is 1. The van der Waals surface area contributed by atoms with Gasteiger partial charge in [-0.3, -0.25) is 0 Å². The zero-order valence-electron chi connectivity index (χ0n) is 13.2. The molecule has 0 spiro atoms. The van der Waals surface area contributed by atoms with E-state index in [1.165, 1.54) is 0 Å². The maximum Gasteiger partial charge on any atom is 0.314 e. The van der Waals surface area contributed by atoms with E-state index >= 15 is 0 Å². The van der Waals surface area contributed by atoms with Gasteiger partial charge >= 0.3 is 6.03 Å². The molecule has 20 heavy (non-hydrogen) atoms. The lowest BCUT2D eigenvalue weighted by Gasteiger charge is -2.08. The van der Waals surface area contributed by atoms with Crippen molar-refractivity contribution in [2.24, 2.45) is 0 Å². The monoisotopic (exact) mass is 288 g/mol. The summed E-state index contributed by atoms with van der Waals surface area (Å²) >= 11 is 0. The van der Waals surface area contributed by atoms with Crippen LogP contribution in [0.3, 0.4) is 0 Å². The van der Waals surface area contributed by atoms with Crippen molar-refractivity contribution in [1.29, 1.82) is 0 Å². The molecule has 0 aliphatic rings. The van der Waals surface area contributed by atoms with Gasteiger partial charge in [0.05, 0.1) is 0 Å². The second kappa shape index (κ2) is 16.2. The molecule has 5 nitrogen and oxygen atoms in total. The summed E-state index contributed by atoms with van der Waals surface area (Å²) in [4.78, 5) is 11.4. The van der Waals surface area contributed by atoms with Gasteiger partial charge in [-0.2, -0.15) is 0 Å². The van der Waals surface area contributed by atoms with E-state index in [1.54, 1.807) is 0 Å². The zero-order valence-corrected chi connectivity index (χ0v) is 13.2. The number of amides is 2. The molecule has 2 N–H and O–H groups in total. The number of carbonyl (C=O) groups is 1. The Morgan fingerprint density at radius 1 is 0.750 bits per heavy atom. The Labute approximate surface area is 123 Å². The number of unbranched alkanes of at least 4 members (excludes halogenated alkanes) is 2. The average Bonchev–Trinajstić information content (AvgIpc) is 2.45. The standard InChI is InChI=1S/C15H32N2O3/c1-3-5-11-19-13-7-9-16-15(18)17-10-8-14-20-12-6-4-2/h3-14H2,1-2H3,(H2,16,17,18). The molecule has 2 amide bonds. The van der Waals surface area contributed by atoms with E-state index in [0.29, 0.717) is 26.3 Å². The maximum absolute atomic E-state index is 11.4. The third-order valence-electron chi connectivity index (χ3n) is 2.79. The van der Waals surface area contributed by atoms with Crippen LogP contribution in [0.2, 0.25) is 0 Å². The molecule has 0 aromatic carbocycles. The van der Waals surface area contributed by atoms with Gasteiger partial charge in [-0.05, 0) is 25.7 Å². The highest BCUT2D eigenvalue weighted by atomic mass is 16.5. The average molecular weight is 288 g/mol. The fraction of sp³-hybridized carbons (Fsp3) is 0.933. The first kappa shape index (κ1) is 19.2. The van der Waals surface area contributed by atoms with E-state index in [0.717, 1.165) is 51.7 Å². The lowest BCUT2D eigenvalue weighted by molar-refractivity contribution is 0.128. The molecule has 0 atom stereocenters. The minimum atomic E-state index is -0.105. The molecule has 0 aliphatic heterocycles. The van der Waals surface area contributed by atoms with Crippen LogP contribution in [0.15, 0.2) is 0 Å². The van der Waals surface area contributed by atoms with Crippen LogP contribution in [0.4, 0.5) is 4.79 Å². The van der Waals surface area contributed by atoms with E-state index in [9.17, 15) is 4.79 Å². The van der Waals surface area contributed by atoms with Crippen LogP contribution < -0.4 is 10.6 Å². The van der Waals surface area contributed by atoms with Gasteiger partial charge in [-0.15, -0.1) is 0 Å². The first-order valence-electron chi connectivity index (χ1n) is 7.98. The summed E-state index contributed by atoms with van der Waals surface area (Å²) in [5.41, 5.74) is 0. The minimum absolute atomic E-state index is 0.105. The van der Waals surface area contributed by atoms with Crippen LogP contribution in [0, 0.1) is 0 Å². The SMILES string of the molecule is CCCCOCCCNC(=O)NCCCOCCCC. The van der Waals surface area contributed by atoms with Crippen molar-refractivity contribution in [2.45, 2.75) is 52.4 Å². The van der Waals surface area contributed by atoms with Crippen molar-refractivity contribution in [3.63, 3.8) is 0 Å². The van der Waals surface area contributed by atoms with E-state index < -0.39 is 0 Å². The predicted octanol–water partition coefficient (Wildman–Crippen LogP) is 2.70. The Hall–Kier alpha value is -0.810. The van der Waals surface area contributed by atoms with Crippen molar-refractivity contribution in [1.82, 2.24) is 10.6 Å². The highest BCUT2D eigenvalue weighted by molar-refractivity contribution is 5.73. The normalized spacial score (nSPS) is 10.5. The summed E-state index contributed by atoms with van der Waals surface area (Å²) in [6.45, 7) is 8.67. The number of ether oxygens (including phenoxy) is 2. The summed E-state index contributed by atoms with van der Waals surface area (Å²) in [6, 6.07) is -0.105. The molecule has 0 rings (SSSR count). The quantitative estimate of drug-likeness (QED) is 0.483. The van der Waals surface area contributed by atoms with Crippen molar-refractivity contribution in [3.05, 3.63) is 0 Å². The van der Waals surface area contributed by atoms with E-state index in [1.807, 2.05) is 0 Å². The van der Waals surface area contributed by atoms with Gasteiger partial charge in [0.1, 0.15) is 0 Å². The van der Waals surface area contributed by atoms with Gasteiger partial charge in [0.2, 0.25) is 0 Å². The van der Waals surface area contributed by atoms with Gasteiger partial charge < -0.3 is 20.1 Å². The van der Waals surface area contributed by atoms with Crippen molar-refractivity contribution >= 4 is 6.03 Å². The number of hydrogen-bond donors (Lipinski definition) is 2. The topological polar surface area (TPSA) is 59.6 Å². The third kappa shape index (κ3) is 15.2. The first-order chi connectivity index (χ1) is 9.81. The van der Waals surface area contributed by atoms with Crippen molar-refractivity contribution in [2.75, 3.05) is 39.5 Å². The summed E-state index contributed by atoms with van der Waals surface area (Å²) in [6.07, 6.45) is 6.24. The second-order valence-electron chi connectivity index (χ2n) is 4.82. The molecule has 0 aromatic heterocycles. The Bertz CT molecular complexity index is 193. The minimum Gasteiger partial charge on any atom is -0.381 e. The summed E-state index contributed by atoms with van der Waals surface area (Å²) in [5, 5.41) is 5.63. The molecule has 0 saturated carbocycles. The summed E-state index contributed by atoms with van der Waals surface area (Å²) in [5.74, 6) is 0. The Morgan fingerprint density at radius 2 is 1.15 bits per heavy atom. The number of hydrogen-bond acceptors (Lipinski definition) is 3. The zero-order chi connectivity index (χ0) is 14.9. The van der Waals surface area contributed by atoms with Crippen molar-refractivity contribution in [3.8, 4) is 0 Å². The second-order valence-corrected chi connectivity index (χ2v) is 4.82. The first-order valence-corrected chi connectivity index (χ1v) is 7.98. The van der Waals surface area contributed by atoms with Crippen LogP contribution in [0.5, 0.6) is 0 Å². The van der Waals surface area contributed by atoms with Crippen LogP contribution in [-0.4, -0.2) is 45.5 Å².